The van der Waals surface area contributed by atoms with Gasteiger partial charge >= 0.3 is 6.09 Å². The monoisotopic (exact) mass is 646 g/mol. The second-order valence-corrected chi connectivity index (χ2v) is 13.0. The first-order valence-corrected chi connectivity index (χ1v) is 16.3. The molecule has 0 bridgehead atoms. The van der Waals surface area contributed by atoms with Crippen LogP contribution in [0.2, 0.25) is 0 Å². The van der Waals surface area contributed by atoms with E-state index in [2.05, 4.69) is 10.6 Å². The number of amides is 2. The van der Waals surface area contributed by atoms with Crippen LogP contribution in [-0.4, -0.2) is 81.3 Å². The minimum atomic E-state index is -3.54. The summed E-state index contributed by atoms with van der Waals surface area (Å²) < 4.78 is 75.6. The molecule has 1 saturated heterocycles. The van der Waals surface area contributed by atoms with E-state index in [-0.39, 0.29) is 41.3 Å². The van der Waals surface area contributed by atoms with Crippen LogP contribution < -0.4 is 10.6 Å². The highest BCUT2D eigenvalue weighted by Crippen LogP contribution is 2.34. The number of anilines is 1. The zero-order valence-corrected chi connectivity index (χ0v) is 26.3. The highest BCUT2D eigenvalue weighted by atomic mass is 32.2. The van der Waals surface area contributed by atoms with Crippen molar-refractivity contribution in [2.45, 2.75) is 43.8 Å². The van der Waals surface area contributed by atoms with Gasteiger partial charge in [0.1, 0.15) is 23.5 Å². The zero-order chi connectivity index (χ0) is 32.9. The van der Waals surface area contributed by atoms with Gasteiger partial charge in [0.25, 0.3) is 0 Å². The number of hydrogen-bond acceptors (Lipinski definition) is 6. The molecule has 0 spiro atoms. The maximum atomic E-state index is 15.3. The molecular weight excluding hydrogens is 609 g/mol. The molecule has 13 heteroatoms. The fourth-order valence-electron chi connectivity index (χ4n) is 6.04. The number of hydrogen-bond donors (Lipinski definition) is 2. The van der Waals surface area contributed by atoms with Gasteiger partial charge in [-0.2, -0.15) is 4.31 Å². The highest BCUT2D eigenvalue weighted by Gasteiger charge is 2.38. The molecule has 3 unspecified atom stereocenters. The molecule has 0 radical (unpaired) electrons. The lowest BCUT2D eigenvalue weighted by molar-refractivity contribution is -0.120. The Balaban J connectivity index is 1.72. The Bertz CT molecular complexity index is 1590. The summed E-state index contributed by atoms with van der Waals surface area (Å²) >= 11 is 0. The predicted molar refractivity (Wildman–Crippen MR) is 165 cm³/mol. The maximum absolute atomic E-state index is 15.3. The number of methoxy groups -OCH3 is 1. The molecule has 9 nitrogen and oxygen atoms in total. The van der Waals surface area contributed by atoms with Crippen molar-refractivity contribution >= 4 is 27.7 Å². The summed E-state index contributed by atoms with van der Waals surface area (Å²) in [6.45, 7) is 2.65. The van der Waals surface area contributed by atoms with Crippen LogP contribution in [0.3, 0.4) is 0 Å². The van der Waals surface area contributed by atoms with E-state index in [1.54, 1.807) is 19.1 Å². The molecule has 1 heterocycles. The second kappa shape index (κ2) is 14.4. The molecule has 2 N–H and O–H groups in total. The number of likely N-dealkylation sites (N-methyl/N-ethyl adjacent to an activating group) is 1. The Morgan fingerprint density at radius 3 is 2.18 bits per heavy atom. The fraction of sp³-hybridized carbons (Fsp3) is 0.375. The molecule has 4 rings (SSSR count). The Morgan fingerprint density at radius 1 is 1.02 bits per heavy atom. The van der Waals surface area contributed by atoms with Gasteiger partial charge in [-0.05, 0) is 67.3 Å². The van der Waals surface area contributed by atoms with Crippen molar-refractivity contribution in [2.24, 2.45) is 0 Å². The largest absolute Gasteiger partial charge is 0.453 e. The molecule has 3 aromatic carbocycles. The van der Waals surface area contributed by atoms with Gasteiger partial charge < -0.3 is 15.4 Å². The second-order valence-electron chi connectivity index (χ2n) is 11.2. The molecule has 1 fully saturated rings. The molecule has 0 aromatic heterocycles. The van der Waals surface area contributed by atoms with Gasteiger partial charge in [-0.15, -0.1) is 0 Å². The summed E-state index contributed by atoms with van der Waals surface area (Å²) in [5.41, 5.74) is 0.833. The van der Waals surface area contributed by atoms with E-state index in [1.807, 2.05) is 0 Å². The van der Waals surface area contributed by atoms with Gasteiger partial charge in [-0.25, -0.2) is 26.4 Å². The van der Waals surface area contributed by atoms with Crippen LogP contribution in [0.25, 0.3) is 0 Å². The van der Waals surface area contributed by atoms with Crippen molar-refractivity contribution < 1.29 is 35.9 Å². The number of sulfonamides is 1. The smallest absolute Gasteiger partial charge is 0.409 e. The third-order valence-corrected chi connectivity index (χ3v) is 9.41. The van der Waals surface area contributed by atoms with Crippen LogP contribution in [0.15, 0.2) is 66.7 Å². The van der Waals surface area contributed by atoms with Crippen LogP contribution in [-0.2, 0) is 26.0 Å². The maximum Gasteiger partial charge on any atom is 0.409 e. The van der Waals surface area contributed by atoms with Crippen LogP contribution in [0.1, 0.15) is 36.0 Å². The number of carbonyl (C=O) groups excluding carboxylic acids is 2. The summed E-state index contributed by atoms with van der Waals surface area (Å²) in [7, 11) is -1.08. The van der Waals surface area contributed by atoms with Crippen molar-refractivity contribution in [2.75, 3.05) is 38.8 Å². The molecule has 3 atom stereocenters. The van der Waals surface area contributed by atoms with E-state index in [0.717, 1.165) is 18.3 Å². The first-order chi connectivity index (χ1) is 21.3. The number of benzene rings is 3. The summed E-state index contributed by atoms with van der Waals surface area (Å²) in [6.07, 6.45) is 0.603. The number of nitrogens with zero attached hydrogens (tertiary/aromatic N) is 2. The van der Waals surface area contributed by atoms with E-state index in [1.165, 1.54) is 66.0 Å². The SMILES string of the molecule is COC(=O)N(C)C(C(=O)Nc1cccc(F)c1CCC1CNCC(C)N1S(C)(=O)=O)C(c1cccc(F)c1)c1cccc(F)c1. The van der Waals surface area contributed by atoms with Gasteiger partial charge in [0.15, 0.2) is 0 Å². The number of rotatable bonds is 10. The molecule has 2 amide bonds. The quantitative estimate of drug-likeness (QED) is 0.336. The summed E-state index contributed by atoms with van der Waals surface area (Å²) in [4.78, 5) is 28.0. The third-order valence-electron chi connectivity index (χ3n) is 7.98. The Hall–Kier alpha value is -3.94. The molecule has 45 heavy (non-hydrogen) atoms. The first-order valence-electron chi connectivity index (χ1n) is 14.4. The lowest BCUT2D eigenvalue weighted by Gasteiger charge is -2.39. The minimum absolute atomic E-state index is 0.0854. The average Bonchev–Trinajstić information content (AvgIpc) is 2.98. The topological polar surface area (TPSA) is 108 Å². The third kappa shape index (κ3) is 8.02. The van der Waals surface area contributed by atoms with Gasteiger partial charge in [0.05, 0.1) is 13.4 Å². The number of piperazine rings is 1. The van der Waals surface area contributed by atoms with Gasteiger partial charge in [0, 0.05) is 49.4 Å². The Labute approximate surface area is 261 Å². The normalized spacial score (nSPS) is 18.0. The highest BCUT2D eigenvalue weighted by molar-refractivity contribution is 7.88. The van der Waals surface area contributed by atoms with Crippen molar-refractivity contribution in [3.05, 3.63) is 101 Å². The number of nitrogens with one attached hydrogen (secondary N) is 2. The van der Waals surface area contributed by atoms with Crippen molar-refractivity contribution in [3.8, 4) is 0 Å². The minimum Gasteiger partial charge on any atom is -0.453 e. The Kier molecular flexibility index (Phi) is 10.9. The lowest BCUT2D eigenvalue weighted by atomic mass is 9.83. The summed E-state index contributed by atoms with van der Waals surface area (Å²) in [5.74, 6) is -3.64. The standard InChI is InChI=1S/C32H37F3N4O5S/c1-20-18-36-19-25(39(20)45(4,42)43)14-15-26-27(35)12-7-13-28(26)37-31(40)30(38(2)32(41)44-3)29(21-8-5-10-23(33)16-21)22-9-6-11-24(34)17-22/h5-13,16-17,20,25,29-30,36H,14-15,18-19H2,1-4H3,(H,37,40). The number of ether oxygens (including phenoxy) is 1. The van der Waals surface area contributed by atoms with Crippen LogP contribution >= 0.6 is 0 Å². The van der Waals surface area contributed by atoms with Crippen LogP contribution in [0, 0.1) is 17.5 Å². The lowest BCUT2D eigenvalue weighted by Crippen LogP contribution is -2.58. The van der Waals surface area contributed by atoms with Gasteiger partial charge in [-0.1, -0.05) is 30.3 Å². The van der Waals surface area contributed by atoms with E-state index < -0.39 is 57.5 Å². The van der Waals surface area contributed by atoms with Crippen LogP contribution in [0.4, 0.5) is 23.7 Å². The summed E-state index contributed by atoms with van der Waals surface area (Å²) in [5, 5.41) is 5.94. The summed E-state index contributed by atoms with van der Waals surface area (Å²) in [6, 6.07) is 12.8. The van der Waals surface area contributed by atoms with E-state index in [9.17, 15) is 26.8 Å². The molecule has 3 aromatic rings. The average molecular weight is 647 g/mol. The predicted octanol–water partition coefficient (Wildman–Crippen LogP) is 4.50. The van der Waals surface area contributed by atoms with Gasteiger partial charge in [0.2, 0.25) is 15.9 Å². The molecule has 1 aliphatic heterocycles. The van der Waals surface area contributed by atoms with Crippen molar-refractivity contribution in [1.29, 1.82) is 0 Å². The van der Waals surface area contributed by atoms with Crippen molar-refractivity contribution in [1.82, 2.24) is 14.5 Å². The fourth-order valence-corrected chi connectivity index (χ4v) is 7.49. The first kappa shape index (κ1) is 33.9. The zero-order valence-electron chi connectivity index (χ0n) is 25.5. The van der Waals surface area contributed by atoms with E-state index >= 15 is 4.39 Å². The van der Waals surface area contributed by atoms with Gasteiger partial charge in [-0.3, -0.25) is 9.69 Å². The number of carbonyl (C=O) groups is 2. The molecule has 1 aliphatic rings. The van der Waals surface area contributed by atoms with E-state index in [0.29, 0.717) is 13.1 Å². The Morgan fingerprint density at radius 2 is 1.62 bits per heavy atom. The number of halogens is 3. The molecular formula is C32H37F3N4O5S. The molecule has 242 valence electrons. The molecule has 0 aliphatic carbocycles. The van der Waals surface area contributed by atoms with Crippen molar-refractivity contribution in [3.63, 3.8) is 0 Å². The van der Waals surface area contributed by atoms with Crippen LogP contribution in [0.5, 0.6) is 0 Å². The molecule has 0 saturated carbocycles. The van der Waals surface area contributed by atoms with E-state index in [4.69, 9.17) is 4.74 Å².